The number of nitrogens with zero attached hydrogens (tertiary/aromatic N) is 2. The van der Waals surface area contributed by atoms with Crippen molar-refractivity contribution in [1.29, 1.82) is 0 Å². The lowest BCUT2D eigenvalue weighted by molar-refractivity contribution is -0.140. The molecular weight excluding hydrogens is 519 g/mol. The van der Waals surface area contributed by atoms with Crippen molar-refractivity contribution in [3.8, 4) is 17.6 Å². The molecule has 0 radical (unpaired) electrons. The van der Waals surface area contributed by atoms with E-state index in [1.807, 2.05) is 13.1 Å². The predicted molar refractivity (Wildman–Crippen MR) is 142 cm³/mol. The maximum absolute atomic E-state index is 13.5. The molecule has 2 heterocycles. The van der Waals surface area contributed by atoms with Crippen LogP contribution in [0.5, 0.6) is 5.75 Å². The summed E-state index contributed by atoms with van der Waals surface area (Å²) >= 11 is 0. The molecule has 0 unspecified atom stereocenters. The first kappa shape index (κ1) is 27.4. The van der Waals surface area contributed by atoms with Gasteiger partial charge in [0.1, 0.15) is 12.3 Å². The molecule has 0 amide bonds. The van der Waals surface area contributed by atoms with Crippen LogP contribution in [0.1, 0.15) is 12.1 Å². The second-order valence-electron chi connectivity index (χ2n) is 8.90. The van der Waals surface area contributed by atoms with Gasteiger partial charge in [0.15, 0.2) is 0 Å². The number of ether oxygens (including phenoxy) is 1. The molecule has 1 aromatic heterocycles. The molecule has 38 heavy (non-hydrogen) atoms. The summed E-state index contributed by atoms with van der Waals surface area (Å²) in [5.41, 5.74) is 2.86. The Morgan fingerprint density at radius 2 is 1.95 bits per heavy atom. The number of likely N-dealkylation sites (N-methyl/N-ethyl adjacent to an activating group) is 1. The Balaban J connectivity index is 1.61. The van der Waals surface area contributed by atoms with Crippen LogP contribution >= 0.6 is 0 Å². The molecule has 202 valence electrons. The molecule has 0 saturated heterocycles. The summed E-state index contributed by atoms with van der Waals surface area (Å²) in [6, 6.07) is 11.0. The van der Waals surface area contributed by atoms with Crippen LogP contribution in [-0.2, 0) is 16.6 Å². The van der Waals surface area contributed by atoms with E-state index in [1.165, 1.54) is 25.3 Å². The van der Waals surface area contributed by atoms with Gasteiger partial charge < -0.3 is 24.8 Å². The number of anilines is 2. The van der Waals surface area contributed by atoms with Gasteiger partial charge in [0.2, 0.25) is 10.0 Å². The highest BCUT2D eigenvalue weighted by atomic mass is 32.2. The minimum Gasteiger partial charge on any atom is -0.495 e. The second kappa shape index (κ2) is 11.0. The Bertz CT molecular complexity index is 1540. The molecule has 1 aliphatic rings. The highest BCUT2D eigenvalue weighted by Gasteiger charge is 2.30. The third-order valence-electron chi connectivity index (χ3n) is 6.08. The molecule has 4 rings (SSSR count). The Morgan fingerprint density at radius 3 is 2.61 bits per heavy atom. The molecule has 3 aromatic rings. The zero-order valence-corrected chi connectivity index (χ0v) is 21.7. The van der Waals surface area contributed by atoms with Crippen molar-refractivity contribution in [2.75, 3.05) is 44.4 Å². The number of nitrogens with two attached hydrogens (primary N) is 1. The van der Waals surface area contributed by atoms with Crippen LogP contribution in [0.2, 0.25) is 0 Å². The van der Waals surface area contributed by atoms with Crippen LogP contribution in [0.15, 0.2) is 59.1 Å². The maximum Gasteiger partial charge on any atom is 0.406 e. The lowest BCUT2D eigenvalue weighted by Crippen LogP contribution is -2.25. The Kier molecular flexibility index (Phi) is 7.91. The van der Waals surface area contributed by atoms with Gasteiger partial charge in [-0.15, -0.1) is 0 Å². The number of hydrogen-bond donors (Lipinski definition) is 3. The Morgan fingerprint density at radius 1 is 1.16 bits per heavy atom. The summed E-state index contributed by atoms with van der Waals surface area (Å²) in [7, 11) is -0.497. The van der Waals surface area contributed by atoms with E-state index in [-0.39, 0.29) is 22.9 Å². The first-order chi connectivity index (χ1) is 17.9. The molecule has 0 fully saturated rings. The molecule has 4 N–H and O–H groups in total. The fourth-order valence-corrected chi connectivity index (χ4v) is 4.70. The number of nitrogens with one attached hydrogen (secondary N) is 2. The van der Waals surface area contributed by atoms with Crippen molar-refractivity contribution in [3.05, 3.63) is 59.9 Å². The smallest absolute Gasteiger partial charge is 0.406 e. The number of halogens is 3. The van der Waals surface area contributed by atoms with Crippen molar-refractivity contribution >= 4 is 32.3 Å². The van der Waals surface area contributed by atoms with Crippen LogP contribution in [0.3, 0.4) is 0 Å². The van der Waals surface area contributed by atoms with Gasteiger partial charge in [-0.3, -0.25) is 0 Å². The van der Waals surface area contributed by atoms with E-state index in [1.54, 1.807) is 18.2 Å². The van der Waals surface area contributed by atoms with Crippen molar-refractivity contribution in [2.45, 2.75) is 24.0 Å². The van der Waals surface area contributed by atoms with E-state index >= 15 is 0 Å². The zero-order valence-electron chi connectivity index (χ0n) is 20.9. The predicted octanol–water partition coefficient (Wildman–Crippen LogP) is 3.95. The summed E-state index contributed by atoms with van der Waals surface area (Å²) in [6.45, 7) is 0.591. The standard InChI is InChI=1S/C26H28F3N5O3S/c1-33-13-10-18(11-14-33)32-22-6-3-7-24-21(22)15-19(34(24)17-26(27,28)29)5-4-12-31-23-9-8-20(38(30,35)36)16-25(23)37-2/h3,6-10,15-16,31-32H,11-14,17H2,1-2H3,(H2,30,35,36). The topological polar surface area (TPSA) is 102 Å². The van der Waals surface area contributed by atoms with E-state index < -0.39 is 22.7 Å². The van der Waals surface area contributed by atoms with Crippen LogP contribution < -0.4 is 20.5 Å². The van der Waals surface area contributed by atoms with E-state index in [4.69, 9.17) is 9.88 Å². The van der Waals surface area contributed by atoms with Gasteiger partial charge >= 0.3 is 6.18 Å². The first-order valence-corrected chi connectivity index (χ1v) is 13.3. The molecule has 2 aromatic carbocycles. The lowest BCUT2D eigenvalue weighted by Gasteiger charge is -2.23. The number of alkyl halides is 3. The fraction of sp³-hybridized carbons (Fsp3) is 0.308. The molecule has 0 spiro atoms. The third-order valence-corrected chi connectivity index (χ3v) is 6.99. The minimum absolute atomic E-state index is 0.0735. The summed E-state index contributed by atoms with van der Waals surface area (Å²) in [5.74, 6) is 5.94. The monoisotopic (exact) mass is 547 g/mol. The molecule has 0 atom stereocenters. The number of methoxy groups -OCH3 is 1. The number of fused-ring (bicyclic) bond motifs is 1. The van der Waals surface area contributed by atoms with Gasteiger partial charge in [-0.05, 0) is 49.7 Å². The largest absolute Gasteiger partial charge is 0.495 e. The molecule has 0 bridgehead atoms. The van der Waals surface area contributed by atoms with Crippen molar-refractivity contribution in [2.24, 2.45) is 5.14 Å². The number of aromatic nitrogens is 1. The van der Waals surface area contributed by atoms with Gasteiger partial charge in [-0.25, -0.2) is 13.6 Å². The number of sulfonamides is 1. The number of benzene rings is 2. The normalized spacial score (nSPS) is 14.5. The molecular formula is C26H28F3N5O3S. The van der Waals surface area contributed by atoms with Crippen molar-refractivity contribution in [3.63, 3.8) is 0 Å². The zero-order chi connectivity index (χ0) is 27.5. The third kappa shape index (κ3) is 6.61. The number of hydrogen-bond acceptors (Lipinski definition) is 6. The lowest BCUT2D eigenvalue weighted by atomic mass is 10.1. The average molecular weight is 548 g/mol. The van der Waals surface area contributed by atoms with E-state index in [0.29, 0.717) is 16.6 Å². The quantitative estimate of drug-likeness (QED) is 0.387. The van der Waals surface area contributed by atoms with Gasteiger partial charge in [0.05, 0.1) is 35.4 Å². The van der Waals surface area contributed by atoms with Crippen molar-refractivity contribution in [1.82, 2.24) is 9.47 Å². The summed E-state index contributed by atoms with van der Waals surface area (Å²) in [5, 5.41) is 12.2. The van der Waals surface area contributed by atoms with E-state index in [2.05, 4.69) is 33.5 Å². The minimum atomic E-state index is -4.43. The van der Waals surface area contributed by atoms with Gasteiger partial charge in [0, 0.05) is 35.9 Å². The highest BCUT2D eigenvalue weighted by Crippen LogP contribution is 2.31. The van der Waals surface area contributed by atoms with E-state index in [9.17, 15) is 21.6 Å². The highest BCUT2D eigenvalue weighted by molar-refractivity contribution is 7.89. The van der Waals surface area contributed by atoms with Crippen LogP contribution in [0.4, 0.5) is 24.5 Å². The fourth-order valence-electron chi connectivity index (χ4n) is 4.17. The first-order valence-electron chi connectivity index (χ1n) is 11.7. The van der Waals surface area contributed by atoms with Gasteiger partial charge in [0.25, 0.3) is 0 Å². The van der Waals surface area contributed by atoms with Crippen LogP contribution in [0.25, 0.3) is 10.9 Å². The SMILES string of the molecule is COc1cc(S(N)(=O)=O)ccc1NCC#Cc1cc2c(NC3=CCN(C)CC3)cccc2n1CC(F)(F)F. The number of rotatable bonds is 7. The molecule has 0 aliphatic carbocycles. The Hall–Kier alpha value is -3.66. The maximum atomic E-state index is 13.5. The van der Waals surface area contributed by atoms with Gasteiger partial charge in [-0.1, -0.05) is 18.1 Å². The number of primary sulfonamides is 1. The summed E-state index contributed by atoms with van der Waals surface area (Å²) in [6.07, 6.45) is -1.54. The second-order valence-corrected chi connectivity index (χ2v) is 10.5. The summed E-state index contributed by atoms with van der Waals surface area (Å²) < 4.78 is 69.9. The van der Waals surface area contributed by atoms with Crippen LogP contribution in [-0.4, -0.2) is 57.9 Å². The van der Waals surface area contributed by atoms with E-state index in [0.717, 1.165) is 35.5 Å². The molecule has 12 heteroatoms. The molecule has 0 saturated carbocycles. The summed E-state index contributed by atoms with van der Waals surface area (Å²) in [4.78, 5) is 2.07. The van der Waals surface area contributed by atoms with Gasteiger partial charge in [-0.2, -0.15) is 13.2 Å². The van der Waals surface area contributed by atoms with Crippen LogP contribution in [0, 0.1) is 11.8 Å². The molecule has 8 nitrogen and oxygen atoms in total. The van der Waals surface area contributed by atoms with Crippen molar-refractivity contribution < 1.29 is 26.3 Å². The Labute approximate surface area is 219 Å². The molecule has 1 aliphatic heterocycles. The average Bonchev–Trinajstić information content (AvgIpc) is 3.19.